The minimum Gasteiger partial charge on any atom is -0.252 e. The zero-order chi connectivity index (χ0) is 14.4. The molecule has 6 aliphatic heterocycles. The zero-order valence-corrected chi connectivity index (χ0v) is 15.2. The summed E-state index contributed by atoms with van der Waals surface area (Å²) in [4.78, 5) is 0. The van der Waals surface area contributed by atoms with Crippen LogP contribution >= 0.6 is 22.5 Å². The average Bonchev–Trinajstić information content (AvgIpc) is 3.40. The van der Waals surface area contributed by atoms with Crippen LogP contribution in [0.1, 0.15) is 0 Å². The van der Waals surface area contributed by atoms with Gasteiger partial charge in [-0.25, -0.2) is 18.7 Å². The van der Waals surface area contributed by atoms with Gasteiger partial charge in [-0.2, -0.15) is 13.5 Å². The summed E-state index contributed by atoms with van der Waals surface area (Å²) in [6, 6.07) is 0. The van der Waals surface area contributed by atoms with Gasteiger partial charge in [-0.1, -0.05) is 0 Å². The van der Waals surface area contributed by atoms with Crippen LogP contribution in [-0.2, 0) is 0 Å². The maximum Gasteiger partial charge on any atom is 0.221 e. The Morgan fingerprint density at radius 2 is 0.955 bits per heavy atom. The molecule has 0 radical (unpaired) electrons. The molecular weight excluding hydrogens is 339 g/mol. The van der Waals surface area contributed by atoms with E-state index >= 15 is 0 Å². The molecule has 6 aliphatic rings. The highest BCUT2D eigenvalue weighted by Crippen LogP contribution is 2.83. The van der Waals surface area contributed by atoms with Crippen molar-refractivity contribution in [2.75, 3.05) is 65.4 Å². The molecule has 22 heavy (non-hydrogen) atoms. The first-order valence-electron chi connectivity index (χ1n) is 8.18. The van der Waals surface area contributed by atoms with Crippen LogP contribution in [0.5, 0.6) is 0 Å². The molecule has 9 nitrogen and oxygen atoms in total. The van der Waals surface area contributed by atoms with Crippen molar-refractivity contribution in [3.63, 3.8) is 0 Å². The topological polar surface area (TPSA) is 73.2 Å². The molecule has 5 fully saturated rings. The second-order valence-corrected chi connectivity index (χ2v) is 15.0. The molecule has 0 aromatic rings. The van der Waals surface area contributed by atoms with Gasteiger partial charge in [0.15, 0.2) is 0 Å². The standard InChI is InChI=1S/C10H22N9P3/c1-2-12-20(11-1)13-21(16-3-4-16,17-5-6-17)15-22(14-20,18-7-8-18)19-9-10-19/h11-12H,1-10H2. The Morgan fingerprint density at radius 3 is 1.36 bits per heavy atom. The van der Waals surface area contributed by atoms with Crippen molar-refractivity contribution < 1.29 is 0 Å². The van der Waals surface area contributed by atoms with Gasteiger partial charge in [0.05, 0.1) is 0 Å². The van der Waals surface area contributed by atoms with E-state index < -0.39 is 22.5 Å². The lowest BCUT2D eigenvalue weighted by atomic mass is 10.7. The smallest absolute Gasteiger partial charge is 0.221 e. The van der Waals surface area contributed by atoms with Crippen LogP contribution in [0, 0.1) is 0 Å². The summed E-state index contributed by atoms with van der Waals surface area (Å²) in [5.41, 5.74) is 0. The normalized spacial score (nSPS) is 38.2. The Kier molecular flexibility index (Phi) is 2.71. The maximum absolute atomic E-state index is 5.55. The van der Waals surface area contributed by atoms with Gasteiger partial charge in [-0.15, -0.1) is 0 Å². The molecule has 0 aliphatic carbocycles. The molecule has 6 heterocycles. The quantitative estimate of drug-likeness (QED) is 0.581. The fourth-order valence-electron chi connectivity index (χ4n) is 3.23. The van der Waals surface area contributed by atoms with E-state index in [-0.39, 0.29) is 0 Å². The molecule has 0 amide bonds. The molecular formula is C10H22N9P3. The molecule has 12 heteroatoms. The summed E-state index contributed by atoms with van der Waals surface area (Å²) >= 11 is 0. The van der Waals surface area contributed by atoms with E-state index in [0.717, 1.165) is 65.4 Å². The monoisotopic (exact) mass is 361 g/mol. The van der Waals surface area contributed by atoms with E-state index in [1.165, 1.54) is 0 Å². The van der Waals surface area contributed by atoms with E-state index in [0.29, 0.717) is 0 Å². The van der Waals surface area contributed by atoms with Crippen LogP contribution in [0.4, 0.5) is 0 Å². The SMILES string of the molecule is C1CNP2(=NP(N3CC3)(N3CC3)=NP(N3CC3)(N3CC3)=N2)N1. The lowest BCUT2D eigenvalue weighted by molar-refractivity contribution is 0.753. The van der Waals surface area contributed by atoms with Crippen molar-refractivity contribution in [3.05, 3.63) is 0 Å². The van der Waals surface area contributed by atoms with Crippen LogP contribution in [-0.4, -0.2) is 84.1 Å². The molecule has 1 spiro atoms. The number of hydrogen-bond donors (Lipinski definition) is 2. The first-order valence-corrected chi connectivity index (χ1v) is 13.1. The summed E-state index contributed by atoms with van der Waals surface area (Å²) in [6.45, 7) is 11.3. The molecule has 0 aromatic heterocycles. The third-order valence-electron chi connectivity index (χ3n) is 4.74. The number of nitrogens with zero attached hydrogens (tertiary/aromatic N) is 7. The summed E-state index contributed by atoms with van der Waals surface area (Å²) in [7, 11) is -5.68. The van der Waals surface area contributed by atoms with Crippen LogP contribution in [0.3, 0.4) is 0 Å². The highest BCUT2D eigenvalue weighted by Gasteiger charge is 2.56. The fourth-order valence-corrected chi connectivity index (χ4v) is 17.5. The van der Waals surface area contributed by atoms with Crippen LogP contribution in [0.15, 0.2) is 13.5 Å². The van der Waals surface area contributed by atoms with E-state index in [9.17, 15) is 0 Å². The van der Waals surface area contributed by atoms with Gasteiger partial charge in [0.1, 0.15) is 0 Å². The maximum atomic E-state index is 5.55. The minimum atomic E-state index is -1.95. The molecule has 5 saturated heterocycles. The third-order valence-corrected chi connectivity index (χ3v) is 16.6. The second-order valence-electron chi connectivity index (χ2n) is 6.57. The van der Waals surface area contributed by atoms with Gasteiger partial charge in [0.25, 0.3) is 0 Å². The Balaban J connectivity index is 1.64. The van der Waals surface area contributed by atoms with E-state index in [4.69, 9.17) is 13.5 Å². The van der Waals surface area contributed by atoms with Crippen molar-refractivity contribution in [2.45, 2.75) is 0 Å². The average molecular weight is 361 g/mol. The molecule has 0 bridgehead atoms. The van der Waals surface area contributed by atoms with Crippen molar-refractivity contribution >= 4 is 22.5 Å². The van der Waals surface area contributed by atoms with Gasteiger partial charge in [-0.3, -0.25) is 10.2 Å². The Labute approximate surface area is 131 Å². The predicted molar refractivity (Wildman–Crippen MR) is 90.3 cm³/mol. The van der Waals surface area contributed by atoms with Crippen LogP contribution in [0.25, 0.3) is 0 Å². The van der Waals surface area contributed by atoms with Crippen LogP contribution < -0.4 is 10.2 Å². The van der Waals surface area contributed by atoms with Gasteiger partial charge < -0.3 is 0 Å². The highest BCUT2D eigenvalue weighted by atomic mass is 31.3. The molecule has 122 valence electrons. The second kappa shape index (κ2) is 4.34. The Bertz CT molecular complexity index is 631. The molecule has 0 aromatic carbocycles. The van der Waals surface area contributed by atoms with Crippen molar-refractivity contribution in [1.29, 1.82) is 0 Å². The third kappa shape index (κ3) is 1.92. The van der Waals surface area contributed by atoms with Crippen LogP contribution in [0.2, 0.25) is 0 Å². The summed E-state index contributed by atoms with van der Waals surface area (Å²) in [5, 5.41) is 7.34. The lowest BCUT2D eigenvalue weighted by Gasteiger charge is -2.36. The van der Waals surface area contributed by atoms with Gasteiger partial charge in [0, 0.05) is 65.4 Å². The minimum absolute atomic E-state index is 0.987. The fraction of sp³-hybridized carbons (Fsp3) is 1.00. The summed E-state index contributed by atoms with van der Waals surface area (Å²) in [5.74, 6) is 0. The van der Waals surface area contributed by atoms with E-state index in [1.54, 1.807) is 0 Å². The van der Waals surface area contributed by atoms with Gasteiger partial charge >= 0.3 is 0 Å². The molecule has 0 saturated carbocycles. The number of hydrogen-bond acceptors (Lipinski definition) is 9. The zero-order valence-electron chi connectivity index (χ0n) is 12.5. The summed E-state index contributed by atoms with van der Waals surface area (Å²) < 4.78 is 26.5. The number of nitrogens with one attached hydrogen (secondary N) is 2. The first-order chi connectivity index (χ1) is 10.7. The highest BCUT2D eigenvalue weighted by molar-refractivity contribution is 7.83. The van der Waals surface area contributed by atoms with Crippen molar-refractivity contribution in [2.24, 2.45) is 13.5 Å². The predicted octanol–water partition coefficient (Wildman–Crippen LogP) is 1.29. The largest absolute Gasteiger partial charge is 0.252 e. The lowest BCUT2D eigenvalue weighted by Crippen LogP contribution is -2.15. The Hall–Kier alpha value is 0.450. The van der Waals surface area contributed by atoms with Gasteiger partial charge in [-0.05, 0) is 0 Å². The molecule has 0 atom stereocenters. The van der Waals surface area contributed by atoms with E-state index in [1.807, 2.05) is 0 Å². The van der Waals surface area contributed by atoms with Crippen molar-refractivity contribution in [1.82, 2.24) is 28.9 Å². The van der Waals surface area contributed by atoms with Crippen molar-refractivity contribution in [3.8, 4) is 0 Å². The Morgan fingerprint density at radius 1 is 0.545 bits per heavy atom. The molecule has 6 rings (SSSR count). The number of rotatable bonds is 4. The van der Waals surface area contributed by atoms with Gasteiger partial charge in [0.2, 0.25) is 22.5 Å². The van der Waals surface area contributed by atoms with E-state index in [2.05, 4.69) is 28.9 Å². The first kappa shape index (κ1) is 13.7. The summed E-state index contributed by atoms with van der Waals surface area (Å²) in [6.07, 6.45) is 0. The molecule has 2 N–H and O–H groups in total. The molecule has 0 unspecified atom stereocenters.